The highest BCUT2D eigenvalue weighted by molar-refractivity contribution is 9.10. The summed E-state index contributed by atoms with van der Waals surface area (Å²) in [4.78, 5) is 16.6. The molecule has 1 amide bonds. The van der Waals surface area contributed by atoms with Crippen LogP contribution in [0.15, 0.2) is 45.5 Å². The Bertz CT molecular complexity index is 539. The van der Waals surface area contributed by atoms with Gasteiger partial charge in [-0.05, 0) is 39.5 Å². The van der Waals surface area contributed by atoms with Crippen molar-refractivity contribution >= 4 is 39.4 Å². The zero-order valence-corrected chi connectivity index (χ0v) is 11.0. The van der Waals surface area contributed by atoms with Crippen LogP contribution in [0, 0.1) is 0 Å². The van der Waals surface area contributed by atoms with Gasteiger partial charge < -0.3 is 0 Å². The third-order valence-electron chi connectivity index (χ3n) is 1.89. The molecule has 0 radical (unpaired) electrons. The summed E-state index contributed by atoms with van der Waals surface area (Å²) in [5.74, 6) is -0.263. The Hall–Kier alpha value is -1.53. The second kappa shape index (κ2) is 5.70. The molecule has 0 aliphatic carbocycles. The predicted molar refractivity (Wildman–Crippen MR) is 71.3 cm³/mol. The number of hydrogen-bond donors (Lipinski definition) is 1. The standard InChI is InChI=1S/C11H8BrN3OS/c12-10-6-8(3-4-13-10)11(16)15-14-7-9-2-1-5-17-9/h1-7H,(H,15,16)/b14-7+. The van der Waals surface area contributed by atoms with E-state index in [2.05, 4.69) is 31.4 Å². The van der Waals surface area contributed by atoms with E-state index in [1.807, 2.05) is 17.5 Å². The smallest absolute Gasteiger partial charge is 0.267 e. The van der Waals surface area contributed by atoms with Crippen LogP contribution in [0.25, 0.3) is 0 Å². The Kier molecular flexibility index (Phi) is 4.00. The molecule has 0 aliphatic heterocycles. The molecule has 1 N–H and O–H groups in total. The number of halogens is 1. The molecule has 2 rings (SSSR count). The number of carbonyl (C=O) groups excluding carboxylic acids is 1. The maximum absolute atomic E-state index is 11.7. The number of hydrogen-bond acceptors (Lipinski definition) is 4. The van der Waals surface area contributed by atoms with Gasteiger partial charge in [0, 0.05) is 16.6 Å². The molecule has 6 heteroatoms. The van der Waals surface area contributed by atoms with Gasteiger partial charge in [-0.15, -0.1) is 11.3 Å². The summed E-state index contributed by atoms with van der Waals surface area (Å²) in [5, 5.41) is 5.82. The molecule has 2 heterocycles. The maximum atomic E-state index is 11.7. The summed E-state index contributed by atoms with van der Waals surface area (Å²) >= 11 is 4.76. The van der Waals surface area contributed by atoms with Crippen molar-refractivity contribution < 1.29 is 4.79 Å². The minimum absolute atomic E-state index is 0.263. The summed E-state index contributed by atoms with van der Waals surface area (Å²) < 4.78 is 0.618. The van der Waals surface area contributed by atoms with E-state index in [1.165, 1.54) is 0 Å². The summed E-state index contributed by atoms with van der Waals surface area (Å²) in [6, 6.07) is 7.11. The zero-order chi connectivity index (χ0) is 12.1. The number of aromatic nitrogens is 1. The Balaban J connectivity index is 1.98. The molecular weight excluding hydrogens is 302 g/mol. The van der Waals surface area contributed by atoms with Gasteiger partial charge in [0.1, 0.15) is 4.60 Å². The van der Waals surface area contributed by atoms with Crippen molar-refractivity contribution in [1.82, 2.24) is 10.4 Å². The number of amides is 1. The fourth-order valence-electron chi connectivity index (χ4n) is 1.13. The van der Waals surface area contributed by atoms with E-state index in [4.69, 9.17) is 0 Å². The summed E-state index contributed by atoms with van der Waals surface area (Å²) in [7, 11) is 0. The van der Waals surface area contributed by atoms with E-state index >= 15 is 0 Å². The van der Waals surface area contributed by atoms with E-state index in [0.29, 0.717) is 10.2 Å². The molecule has 0 bridgehead atoms. The highest BCUT2D eigenvalue weighted by atomic mass is 79.9. The maximum Gasteiger partial charge on any atom is 0.271 e. The van der Waals surface area contributed by atoms with Gasteiger partial charge in [0.25, 0.3) is 5.91 Å². The van der Waals surface area contributed by atoms with E-state index in [9.17, 15) is 4.79 Å². The van der Waals surface area contributed by atoms with Crippen molar-refractivity contribution in [2.45, 2.75) is 0 Å². The van der Waals surface area contributed by atoms with E-state index in [1.54, 1.807) is 35.9 Å². The van der Waals surface area contributed by atoms with Crippen molar-refractivity contribution in [2.24, 2.45) is 5.10 Å². The Morgan fingerprint density at radius 3 is 3.12 bits per heavy atom. The van der Waals surface area contributed by atoms with E-state index in [0.717, 1.165) is 4.88 Å². The van der Waals surface area contributed by atoms with Gasteiger partial charge in [-0.2, -0.15) is 5.10 Å². The number of rotatable bonds is 3. The van der Waals surface area contributed by atoms with E-state index in [-0.39, 0.29) is 5.91 Å². The van der Waals surface area contributed by atoms with Crippen LogP contribution in [0.2, 0.25) is 0 Å². The van der Waals surface area contributed by atoms with Crippen LogP contribution < -0.4 is 5.43 Å². The van der Waals surface area contributed by atoms with Gasteiger partial charge in [0.05, 0.1) is 6.21 Å². The predicted octanol–water partition coefficient (Wildman–Crippen LogP) is 2.67. The highest BCUT2D eigenvalue weighted by Crippen LogP contribution is 2.08. The molecule has 4 nitrogen and oxygen atoms in total. The first-order valence-electron chi connectivity index (χ1n) is 4.74. The van der Waals surface area contributed by atoms with Crippen molar-refractivity contribution in [3.05, 3.63) is 50.9 Å². The minimum Gasteiger partial charge on any atom is -0.267 e. The second-order valence-electron chi connectivity index (χ2n) is 3.08. The zero-order valence-electron chi connectivity index (χ0n) is 8.63. The van der Waals surface area contributed by atoms with Crippen LogP contribution in [0.4, 0.5) is 0 Å². The van der Waals surface area contributed by atoms with Crippen LogP contribution in [0.3, 0.4) is 0 Å². The molecule has 0 unspecified atom stereocenters. The molecule has 0 saturated carbocycles. The van der Waals surface area contributed by atoms with Gasteiger partial charge in [0.2, 0.25) is 0 Å². The lowest BCUT2D eigenvalue weighted by molar-refractivity contribution is 0.0955. The van der Waals surface area contributed by atoms with Crippen LogP contribution in [0.5, 0.6) is 0 Å². The van der Waals surface area contributed by atoms with Gasteiger partial charge >= 0.3 is 0 Å². The molecule has 2 aromatic heterocycles. The fraction of sp³-hybridized carbons (Fsp3) is 0. The number of hydrazone groups is 1. The number of pyridine rings is 1. The first-order chi connectivity index (χ1) is 8.25. The summed E-state index contributed by atoms with van der Waals surface area (Å²) in [6.07, 6.45) is 3.17. The van der Waals surface area contributed by atoms with Crippen molar-refractivity contribution in [3.8, 4) is 0 Å². The third-order valence-corrected chi connectivity index (χ3v) is 3.13. The van der Waals surface area contributed by atoms with Crippen molar-refractivity contribution in [1.29, 1.82) is 0 Å². The fourth-order valence-corrected chi connectivity index (χ4v) is 2.08. The average Bonchev–Trinajstić information content (AvgIpc) is 2.82. The number of carbonyl (C=O) groups is 1. The molecule has 0 fully saturated rings. The molecule has 0 aromatic carbocycles. The summed E-state index contributed by atoms with van der Waals surface area (Å²) in [5.41, 5.74) is 2.96. The van der Waals surface area contributed by atoms with Gasteiger partial charge in [-0.1, -0.05) is 6.07 Å². The molecule has 86 valence electrons. The normalized spacial score (nSPS) is 10.6. The molecule has 0 atom stereocenters. The minimum atomic E-state index is -0.263. The third kappa shape index (κ3) is 3.47. The topological polar surface area (TPSA) is 54.4 Å². The Morgan fingerprint density at radius 1 is 1.53 bits per heavy atom. The van der Waals surface area contributed by atoms with Gasteiger partial charge in [-0.3, -0.25) is 4.79 Å². The largest absolute Gasteiger partial charge is 0.271 e. The van der Waals surface area contributed by atoms with Crippen LogP contribution in [0.1, 0.15) is 15.2 Å². The number of nitrogens with one attached hydrogen (secondary N) is 1. The first-order valence-corrected chi connectivity index (χ1v) is 6.41. The van der Waals surface area contributed by atoms with Crippen molar-refractivity contribution in [3.63, 3.8) is 0 Å². The lowest BCUT2D eigenvalue weighted by atomic mass is 10.3. The SMILES string of the molecule is O=C(N/N=C/c1cccs1)c1ccnc(Br)c1. The molecule has 2 aromatic rings. The molecule has 0 aliphatic rings. The Morgan fingerprint density at radius 2 is 2.41 bits per heavy atom. The average molecular weight is 310 g/mol. The Labute approximate surface area is 111 Å². The summed E-state index contributed by atoms with van der Waals surface area (Å²) in [6.45, 7) is 0. The first kappa shape index (κ1) is 11.9. The molecule has 0 spiro atoms. The molecular formula is C11H8BrN3OS. The molecule has 0 saturated heterocycles. The quantitative estimate of drug-likeness (QED) is 0.538. The lowest BCUT2D eigenvalue weighted by Gasteiger charge is -1.99. The highest BCUT2D eigenvalue weighted by Gasteiger charge is 2.04. The molecule has 17 heavy (non-hydrogen) atoms. The monoisotopic (exact) mass is 309 g/mol. The number of nitrogens with zero attached hydrogens (tertiary/aromatic N) is 2. The van der Waals surface area contributed by atoms with Crippen LogP contribution in [-0.2, 0) is 0 Å². The van der Waals surface area contributed by atoms with Crippen molar-refractivity contribution in [2.75, 3.05) is 0 Å². The van der Waals surface area contributed by atoms with Gasteiger partial charge in [0.15, 0.2) is 0 Å². The number of thiophene rings is 1. The lowest BCUT2D eigenvalue weighted by Crippen LogP contribution is -2.17. The van der Waals surface area contributed by atoms with E-state index < -0.39 is 0 Å². The van der Waals surface area contributed by atoms with Crippen LogP contribution in [-0.4, -0.2) is 17.1 Å². The van der Waals surface area contributed by atoms with Gasteiger partial charge in [-0.25, -0.2) is 10.4 Å². The van der Waals surface area contributed by atoms with Crippen LogP contribution >= 0.6 is 27.3 Å². The second-order valence-corrected chi connectivity index (χ2v) is 4.87.